The summed E-state index contributed by atoms with van der Waals surface area (Å²) < 4.78 is 0. The van der Waals surface area contributed by atoms with Gasteiger partial charge < -0.3 is 42.3 Å². The lowest BCUT2D eigenvalue weighted by molar-refractivity contribution is -0.142. The number of phenolic OH excluding ortho intramolecular Hbond substituents is 1. The Hall–Kier alpha value is -3.01. The Bertz CT molecular complexity index is 1010. The average Bonchev–Trinajstić information content (AvgIpc) is 2.91. The Morgan fingerprint density at radius 3 is 1.95 bits per heavy atom. The topological polar surface area (TPSA) is 220 Å². The zero-order valence-electron chi connectivity index (χ0n) is 22.6. The highest BCUT2D eigenvalue weighted by molar-refractivity contribution is 7.98. The van der Waals surface area contributed by atoms with Gasteiger partial charge in [-0.15, -0.1) is 0 Å². The van der Waals surface area contributed by atoms with Gasteiger partial charge in [0.05, 0.1) is 12.6 Å². The van der Waals surface area contributed by atoms with E-state index in [0.717, 1.165) is 0 Å². The van der Waals surface area contributed by atoms with Crippen molar-refractivity contribution in [2.75, 3.05) is 24.4 Å². The van der Waals surface area contributed by atoms with E-state index in [2.05, 4.69) is 33.9 Å². The monoisotopic (exact) mass is 601 g/mol. The first-order valence-electron chi connectivity index (χ1n) is 12.5. The third-order valence-electron chi connectivity index (χ3n) is 5.84. The largest absolute Gasteiger partial charge is 0.508 e. The van der Waals surface area contributed by atoms with Gasteiger partial charge in [-0.3, -0.25) is 19.2 Å². The van der Waals surface area contributed by atoms with Crippen LogP contribution in [0.3, 0.4) is 0 Å². The summed E-state index contributed by atoms with van der Waals surface area (Å²) in [4.78, 5) is 62.7. The Kier molecular flexibility index (Phi) is 15.4. The van der Waals surface area contributed by atoms with Crippen LogP contribution < -0.4 is 27.0 Å². The summed E-state index contributed by atoms with van der Waals surface area (Å²) in [6.07, 6.45) is 2.18. The second-order valence-corrected chi connectivity index (χ2v) is 10.7. The number of benzene rings is 1. The first kappa shape index (κ1) is 35.0. The molecule has 0 aliphatic rings. The molecule has 0 unspecified atom stereocenters. The van der Waals surface area contributed by atoms with Crippen molar-refractivity contribution in [3.05, 3.63) is 29.8 Å². The Balaban J connectivity index is 2.87. The van der Waals surface area contributed by atoms with Crippen LogP contribution in [0.4, 0.5) is 0 Å². The molecule has 0 fully saturated rings. The first-order chi connectivity index (χ1) is 18.8. The highest BCUT2D eigenvalue weighted by Crippen LogP contribution is 2.12. The summed E-state index contributed by atoms with van der Waals surface area (Å²) >= 11 is 5.59. The van der Waals surface area contributed by atoms with Gasteiger partial charge in [0.15, 0.2) is 0 Å². The van der Waals surface area contributed by atoms with Gasteiger partial charge in [0.1, 0.15) is 29.9 Å². The minimum atomic E-state index is -1.47. The predicted molar refractivity (Wildman–Crippen MR) is 154 cm³/mol. The number of thioether (sulfide) groups is 1. The summed E-state index contributed by atoms with van der Waals surface area (Å²) in [6.45, 7) is 2.43. The molecule has 0 aliphatic carbocycles. The molecule has 1 rings (SSSR count). The van der Waals surface area contributed by atoms with Crippen molar-refractivity contribution in [2.45, 2.75) is 56.9 Å². The van der Waals surface area contributed by atoms with E-state index in [-0.39, 0.29) is 17.9 Å². The Labute approximate surface area is 242 Å². The lowest BCUT2D eigenvalue weighted by Gasteiger charge is -2.27. The van der Waals surface area contributed by atoms with Gasteiger partial charge >= 0.3 is 5.97 Å². The molecule has 0 saturated carbocycles. The van der Waals surface area contributed by atoms with Crippen LogP contribution in [0.5, 0.6) is 5.75 Å². The normalized spacial score (nSPS) is 14.8. The van der Waals surface area contributed by atoms with Crippen LogP contribution >= 0.6 is 24.4 Å². The van der Waals surface area contributed by atoms with E-state index in [4.69, 9.17) is 5.73 Å². The summed E-state index contributed by atoms with van der Waals surface area (Å²) in [5.74, 6) is -4.28. The van der Waals surface area contributed by atoms with E-state index in [1.807, 2.05) is 6.26 Å². The second kappa shape index (κ2) is 17.6. The molecule has 0 aliphatic heterocycles. The molecule has 1 aromatic carbocycles. The average molecular weight is 602 g/mol. The van der Waals surface area contributed by atoms with E-state index in [9.17, 15) is 39.3 Å². The van der Waals surface area contributed by atoms with E-state index in [1.165, 1.54) is 36.0 Å². The maximum Gasteiger partial charge on any atom is 0.326 e. The number of aliphatic hydroxyl groups is 1. The lowest BCUT2D eigenvalue weighted by Crippen LogP contribution is -2.60. The number of aliphatic carboxylic acids is 1. The maximum absolute atomic E-state index is 13.0. The number of aromatic hydroxyl groups is 1. The second-order valence-electron chi connectivity index (χ2n) is 9.38. The number of amides is 4. The van der Waals surface area contributed by atoms with Gasteiger partial charge in [-0.2, -0.15) is 24.4 Å². The van der Waals surface area contributed by atoms with Crippen molar-refractivity contribution in [3.63, 3.8) is 0 Å². The summed E-state index contributed by atoms with van der Waals surface area (Å²) in [5.41, 5.74) is 6.38. The molecule has 4 amide bonds. The van der Waals surface area contributed by atoms with Crippen LogP contribution in [0.2, 0.25) is 0 Å². The van der Waals surface area contributed by atoms with Gasteiger partial charge in [-0.1, -0.05) is 26.0 Å². The Morgan fingerprint density at radius 1 is 0.900 bits per heavy atom. The zero-order chi connectivity index (χ0) is 30.4. The van der Waals surface area contributed by atoms with E-state index in [0.29, 0.717) is 17.7 Å². The quantitative estimate of drug-likeness (QED) is 0.0952. The molecule has 9 N–H and O–H groups in total. The number of thiol groups is 1. The van der Waals surface area contributed by atoms with Crippen molar-refractivity contribution in [1.29, 1.82) is 0 Å². The third-order valence-corrected chi connectivity index (χ3v) is 6.85. The molecule has 15 heteroatoms. The smallest absolute Gasteiger partial charge is 0.326 e. The fourth-order valence-corrected chi connectivity index (χ4v) is 4.18. The number of carbonyl (C=O) groups excluding carboxylic acids is 4. The minimum Gasteiger partial charge on any atom is -0.508 e. The van der Waals surface area contributed by atoms with Crippen LogP contribution in [0.1, 0.15) is 25.8 Å². The molecule has 13 nitrogen and oxygen atoms in total. The van der Waals surface area contributed by atoms with Gasteiger partial charge in [-0.05, 0) is 42.0 Å². The number of rotatable bonds is 17. The number of hydrogen-bond donors (Lipinski definition) is 9. The first-order valence-corrected chi connectivity index (χ1v) is 14.6. The van der Waals surface area contributed by atoms with E-state index < -0.39 is 72.3 Å². The van der Waals surface area contributed by atoms with Gasteiger partial charge in [0, 0.05) is 12.2 Å². The van der Waals surface area contributed by atoms with Gasteiger partial charge in [-0.25, -0.2) is 4.79 Å². The van der Waals surface area contributed by atoms with Crippen LogP contribution in [-0.2, 0) is 30.4 Å². The molecule has 224 valence electrons. The van der Waals surface area contributed by atoms with Crippen molar-refractivity contribution < 1.29 is 39.3 Å². The fraction of sp³-hybridized carbons (Fsp3) is 0.560. The van der Waals surface area contributed by atoms with Crippen LogP contribution in [0, 0.1) is 5.92 Å². The number of hydrogen-bond acceptors (Lipinski definition) is 10. The van der Waals surface area contributed by atoms with Crippen LogP contribution in [0.25, 0.3) is 0 Å². The molecule has 0 saturated heterocycles. The van der Waals surface area contributed by atoms with Crippen LogP contribution in [-0.4, -0.2) is 99.5 Å². The number of nitrogens with two attached hydrogens (primary N) is 1. The lowest BCUT2D eigenvalue weighted by atomic mass is 10.0. The summed E-state index contributed by atoms with van der Waals surface area (Å²) in [7, 11) is 0. The molecule has 0 aromatic heterocycles. The number of nitrogens with one attached hydrogen (secondary N) is 4. The summed E-state index contributed by atoms with van der Waals surface area (Å²) in [5, 5.41) is 38.4. The minimum absolute atomic E-state index is 0.00516. The number of carboxylic acids is 1. The SMILES string of the molecule is CSCC[C@H](N)C(=O)N[C@@H](CS)C(=O)N[C@H](CO)C(=O)N[C@H](C(=O)N[C@@H](Cc1ccc(O)cc1)C(=O)O)C(C)C. The third kappa shape index (κ3) is 11.6. The number of carboxylic acid groups (broad SMARTS) is 1. The molecule has 0 spiro atoms. The summed E-state index contributed by atoms with van der Waals surface area (Å²) in [6, 6.07) is -0.163. The molecule has 1 aromatic rings. The van der Waals surface area contributed by atoms with E-state index in [1.54, 1.807) is 13.8 Å². The number of aliphatic hydroxyl groups excluding tert-OH is 1. The highest BCUT2D eigenvalue weighted by Gasteiger charge is 2.32. The molecular formula is C25H39N5O8S2. The van der Waals surface area contributed by atoms with Gasteiger partial charge in [0.25, 0.3) is 0 Å². The maximum atomic E-state index is 13.0. The van der Waals surface area contributed by atoms with Crippen LogP contribution in [0.15, 0.2) is 24.3 Å². The molecule has 0 bridgehead atoms. The van der Waals surface area contributed by atoms with Crippen molar-refractivity contribution in [3.8, 4) is 5.75 Å². The molecule has 0 radical (unpaired) electrons. The van der Waals surface area contributed by atoms with Crippen molar-refractivity contribution >= 4 is 54.0 Å². The highest BCUT2D eigenvalue weighted by atomic mass is 32.2. The standard InChI is InChI=1S/C25H39N5O8S2/c1-13(2)20(24(36)27-17(25(37)38)10-14-4-6-15(32)7-5-14)30-22(34)18(11-31)28-23(35)19(12-39)29-21(33)16(26)8-9-40-3/h4-7,13,16-20,31-32,39H,8-12,26H2,1-3H3,(H,27,36)(H,28,35)(H,29,33)(H,30,34)(H,37,38)/t16-,17-,18+,19-,20-/m0/s1. The van der Waals surface area contributed by atoms with E-state index >= 15 is 0 Å². The predicted octanol–water partition coefficient (Wildman–Crippen LogP) is -1.38. The number of carbonyl (C=O) groups is 5. The number of phenols is 1. The zero-order valence-corrected chi connectivity index (χ0v) is 24.3. The van der Waals surface area contributed by atoms with Crippen molar-refractivity contribution in [1.82, 2.24) is 21.3 Å². The molecule has 0 heterocycles. The molecule has 40 heavy (non-hydrogen) atoms. The van der Waals surface area contributed by atoms with Crippen molar-refractivity contribution in [2.24, 2.45) is 11.7 Å². The molecule has 5 atom stereocenters. The fourth-order valence-electron chi connectivity index (χ4n) is 3.43. The molecular weight excluding hydrogens is 562 g/mol. The Morgan fingerprint density at radius 2 is 1.45 bits per heavy atom. The van der Waals surface area contributed by atoms with Gasteiger partial charge in [0.2, 0.25) is 23.6 Å².